The normalized spacial score (nSPS) is 7.60. The Kier molecular flexibility index (Phi) is 6.76. The molecule has 0 unspecified atom stereocenters. The van der Waals surface area contributed by atoms with Crippen LogP contribution in [-0.4, -0.2) is 22.2 Å². The van der Waals surface area contributed by atoms with Crippen LogP contribution in [0.15, 0.2) is 12.2 Å². The van der Waals surface area contributed by atoms with Crippen LogP contribution in [0.2, 0.25) is 0 Å². The zero-order valence-corrected chi connectivity index (χ0v) is 7.63. The van der Waals surface area contributed by atoms with E-state index in [0.29, 0.717) is 0 Å². The van der Waals surface area contributed by atoms with Crippen molar-refractivity contribution in [2.45, 2.75) is 6.42 Å². The monoisotopic (exact) mass is 154 g/mol. The van der Waals surface area contributed by atoms with Crippen LogP contribution in [0, 0.1) is 0 Å². The van der Waals surface area contributed by atoms with Gasteiger partial charge in [0.15, 0.2) is 0 Å². The summed E-state index contributed by atoms with van der Waals surface area (Å²) in [6, 6.07) is 0. The first kappa shape index (κ1) is 12.4. The Morgan fingerprint density at radius 3 is 1.90 bits per heavy atom. The summed E-state index contributed by atoms with van der Waals surface area (Å²) in [5.41, 5.74) is -0.303. The van der Waals surface area contributed by atoms with E-state index in [-0.39, 0.29) is 36.6 Å². The third kappa shape index (κ3) is 5.81. The topological polar surface area (TPSA) is 74.6 Å². The Morgan fingerprint density at radius 2 is 1.80 bits per heavy atom. The van der Waals surface area contributed by atoms with E-state index < -0.39 is 18.4 Å². The minimum Gasteiger partial charge on any atom is -1.00 e. The molecule has 0 aliphatic carbocycles. The van der Waals surface area contributed by atoms with Crippen molar-refractivity contribution in [2.24, 2.45) is 0 Å². The molecule has 0 aliphatic heterocycles. The van der Waals surface area contributed by atoms with Crippen LogP contribution < -0.4 is 29.6 Å². The average Bonchev–Trinajstić information content (AvgIpc) is 1.63. The molecule has 0 saturated heterocycles. The quantitative estimate of drug-likeness (QED) is 0.340. The van der Waals surface area contributed by atoms with Crippen molar-refractivity contribution < 1.29 is 50.8 Å². The molecule has 52 valence electrons. The number of carboxylic acid groups (broad SMARTS) is 2. The summed E-state index contributed by atoms with van der Waals surface area (Å²) in [6.07, 6.45) is -0.505. The molecule has 4 nitrogen and oxygen atoms in total. The predicted molar refractivity (Wildman–Crippen MR) is 30.1 cm³/mol. The fourth-order valence-electron chi connectivity index (χ4n) is 0.258. The molecule has 0 bridgehead atoms. The van der Waals surface area contributed by atoms with E-state index in [4.69, 9.17) is 10.2 Å². The Bertz CT molecular complexity index is 168. The molecule has 0 radical (unpaired) electrons. The smallest absolute Gasteiger partial charge is 1.00 e. The van der Waals surface area contributed by atoms with Crippen LogP contribution in [-0.2, 0) is 9.59 Å². The van der Waals surface area contributed by atoms with Crippen molar-refractivity contribution in [1.82, 2.24) is 0 Å². The van der Waals surface area contributed by atoms with Crippen molar-refractivity contribution >= 4 is 11.9 Å². The van der Waals surface area contributed by atoms with Gasteiger partial charge in [0.2, 0.25) is 0 Å². The SMILES string of the molecule is C=C(CC(=O)O)C(=O)O.[H-].[Na+]. The van der Waals surface area contributed by atoms with Crippen molar-refractivity contribution in [3.05, 3.63) is 12.2 Å². The summed E-state index contributed by atoms with van der Waals surface area (Å²) in [5, 5.41) is 16.1. The van der Waals surface area contributed by atoms with Gasteiger partial charge in [-0.05, 0) is 0 Å². The fraction of sp³-hybridized carbons (Fsp3) is 0.200. The molecular formula is C5H7NaO4. The zero-order valence-electron chi connectivity index (χ0n) is 6.63. The van der Waals surface area contributed by atoms with Crippen LogP contribution in [0.4, 0.5) is 0 Å². The Balaban J connectivity index is -0.000000320. The Hall–Kier alpha value is -0.320. The van der Waals surface area contributed by atoms with Crippen LogP contribution >= 0.6 is 0 Å². The van der Waals surface area contributed by atoms with Crippen molar-refractivity contribution in [1.29, 1.82) is 0 Å². The van der Waals surface area contributed by atoms with Gasteiger partial charge in [-0.25, -0.2) is 4.79 Å². The van der Waals surface area contributed by atoms with Gasteiger partial charge in [-0.2, -0.15) is 0 Å². The predicted octanol–water partition coefficient (Wildman–Crippen LogP) is -2.78. The Morgan fingerprint density at radius 1 is 1.40 bits per heavy atom. The molecule has 10 heavy (non-hydrogen) atoms. The van der Waals surface area contributed by atoms with E-state index in [2.05, 4.69) is 6.58 Å². The molecule has 5 heteroatoms. The largest absolute Gasteiger partial charge is 1.00 e. The molecule has 0 aliphatic rings. The van der Waals surface area contributed by atoms with Gasteiger partial charge in [-0.3, -0.25) is 4.79 Å². The summed E-state index contributed by atoms with van der Waals surface area (Å²) in [4.78, 5) is 19.7. The molecule has 0 saturated carbocycles. The van der Waals surface area contributed by atoms with Crippen LogP contribution in [0.1, 0.15) is 7.85 Å². The second-order valence-electron chi connectivity index (χ2n) is 1.48. The van der Waals surface area contributed by atoms with Gasteiger partial charge in [-0.1, -0.05) is 6.58 Å². The number of aliphatic carboxylic acids is 2. The molecule has 0 aromatic carbocycles. The summed E-state index contributed by atoms with van der Waals surface area (Å²) in [5.74, 6) is -2.44. The third-order valence-electron chi connectivity index (χ3n) is 0.667. The molecule has 0 amide bonds. The zero-order chi connectivity index (χ0) is 7.44. The van der Waals surface area contributed by atoms with Gasteiger partial charge < -0.3 is 11.6 Å². The van der Waals surface area contributed by atoms with Crippen LogP contribution in [0.5, 0.6) is 0 Å². The maximum absolute atomic E-state index is 9.87. The maximum Gasteiger partial charge on any atom is 1.00 e. The minimum atomic E-state index is -1.27. The first-order valence-electron chi connectivity index (χ1n) is 2.17. The maximum atomic E-state index is 9.87. The van der Waals surface area contributed by atoms with E-state index in [1.165, 1.54) is 0 Å². The van der Waals surface area contributed by atoms with E-state index in [9.17, 15) is 9.59 Å². The Labute approximate surface area is 81.3 Å². The van der Waals surface area contributed by atoms with Gasteiger partial charge >= 0.3 is 41.5 Å². The van der Waals surface area contributed by atoms with Crippen LogP contribution in [0.25, 0.3) is 0 Å². The van der Waals surface area contributed by atoms with Crippen molar-refractivity contribution in [3.8, 4) is 0 Å². The van der Waals surface area contributed by atoms with E-state index in [1.54, 1.807) is 0 Å². The first-order valence-corrected chi connectivity index (χ1v) is 2.17. The second kappa shape index (κ2) is 5.46. The second-order valence-corrected chi connectivity index (χ2v) is 1.48. The van der Waals surface area contributed by atoms with Crippen molar-refractivity contribution in [2.75, 3.05) is 0 Å². The van der Waals surface area contributed by atoms with Crippen molar-refractivity contribution in [3.63, 3.8) is 0 Å². The van der Waals surface area contributed by atoms with Gasteiger partial charge in [-0.15, -0.1) is 0 Å². The third-order valence-corrected chi connectivity index (χ3v) is 0.667. The van der Waals surface area contributed by atoms with Gasteiger partial charge in [0, 0.05) is 5.57 Å². The molecule has 0 rings (SSSR count). The summed E-state index contributed by atoms with van der Waals surface area (Å²) >= 11 is 0. The first-order chi connectivity index (χ1) is 4.04. The summed E-state index contributed by atoms with van der Waals surface area (Å²) < 4.78 is 0. The standard InChI is InChI=1S/C5H6O4.Na.H/c1-3(5(8)9)2-4(6)7;;/h1-2H2,(H,6,7)(H,8,9);;/q;+1;-1. The molecule has 0 fully saturated rings. The molecule has 0 aromatic heterocycles. The molecule has 0 heterocycles. The van der Waals surface area contributed by atoms with Gasteiger partial charge in [0.25, 0.3) is 0 Å². The number of carboxylic acids is 2. The number of hydrogen-bond acceptors (Lipinski definition) is 2. The number of rotatable bonds is 3. The average molecular weight is 154 g/mol. The number of carbonyl (C=O) groups is 2. The van der Waals surface area contributed by atoms with Crippen LogP contribution in [0.3, 0.4) is 0 Å². The number of hydrogen-bond donors (Lipinski definition) is 2. The summed E-state index contributed by atoms with van der Waals surface area (Å²) in [6.45, 7) is 3.01. The molecule has 0 aromatic rings. The van der Waals surface area contributed by atoms with Gasteiger partial charge in [0.05, 0.1) is 6.42 Å². The summed E-state index contributed by atoms with van der Waals surface area (Å²) in [7, 11) is 0. The van der Waals surface area contributed by atoms with E-state index in [1.807, 2.05) is 0 Å². The van der Waals surface area contributed by atoms with E-state index >= 15 is 0 Å². The van der Waals surface area contributed by atoms with Gasteiger partial charge in [0.1, 0.15) is 0 Å². The molecule has 0 spiro atoms. The molecule has 2 N–H and O–H groups in total. The van der Waals surface area contributed by atoms with E-state index in [0.717, 1.165) is 0 Å². The fourth-order valence-corrected chi connectivity index (χ4v) is 0.258. The molecule has 0 atom stereocenters. The molecular weight excluding hydrogens is 147 g/mol. The minimum absolute atomic E-state index is 0.